The van der Waals surface area contributed by atoms with Gasteiger partial charge >= 0.3 is 5.97 Å². The topological polar surface area (TPSA) is 55.4 Å². The Kier molecular flexibility index (Phi) is 5.58. The summed E-state index contributed by atoms with van der Waals surface area (Å²) in [6, 6.07) is 9.58. The van der Waals surface area contributed by atoms with Crippen LogP contribution in [0.2, 0.25) is 10.0 Å². The van der Waals surface area contributed by atoms with E-state index in [9.17, 15) is 14.0 Å². The summed E-state index contributed by atoms with van der Waals surface area (Å²) in [5, 5.41) is 3.21. The lowest BCUT2D eigenvalue weighted by Gasteiger charge is -2.14. The highest BCUT2D eigenvalue weighted by Crippen LogP contribution is 2.25. The van der Waals surface area contributed by atoms with Crippen molar-refractivity contribution >= 4 is 40.8 Å². The standard InChI is InChI=1S/C16H12Cl2FNO3/c1-9(23-16(22)10-3-2-4-12(19)7-10)15(21)20-14-8-11(17)5-6-13(14)18/h2-9H,1H3,(H,20,21)/t9-/m0/s1. The van der Waals surface area contributed by atoms with E-state index < -0.39 is 23.8 Å². The summed E-state index contributed by atoms with van der Waals surface area (Å²) in [4.78, 5) is 23.9. The van der Waals surface area contributed by atoms with Gasteiger partial charge in [0, 0.05) is 5.02 Å². The lowest BCUT2D eigenvalue weighted by atomic mass is 10.2. The van der Waals surface area contributed by atoms with Gasteiger partial charge in [0.15, 0.2) is 6.10 Å². The van der Waals surface area contributed by atoms with Crippen LogP contribution in [0.25, 0.3) is 0 Å². The van der Waals surface area contributed by atoms with E-state index in [2.05, 4.69) is 5.32 Å². The third-order valence-corrected chi connectivity index (χ3v) is 3.46. The zero-order valence-electron chi connectivity index (χ0n) is 12.0. The maximum absolute atomic E-state index is 13.1. The minimum absolute atomic E-state index is 0.0189. The minimum atomic E-state index is -1.10. The second kappa shape index (κ2) is 7.44. The number of halogens is 3. The molecule has 0 saturated carbocycles. The largest absolute Gasteiger partial charge is 0.449 e. The molecule has 0 aliphatic rings. The monoisotopic (exact) mass is 355 g/mol. The quantitative estimate of drug-likeness (QED) is 0.831. The van der Waals surface area contributed by atoms with Gasteiger partial charge in [-0.3, -0.25) is 4.79 Å². The second-order valence-corrected chi connectivity index (χ2v) is 5.51. The van der Waals surface area contributed by atoms with Gasteiger partial charge in [0.2, 0.25) is 0 Å². The molecule has 23 heavy (non-hydrogen) atoms. The molecule has 1 N–H and O–H groups in total. The van der Waals surface area contributed by atoms with Crippen LogP contribution in [0.15, 0.2) is 42.5 Å². The van der Waals surface area contributed by atoms with Gasteiger partial charge in [-0.1, -0.05) is 29.3 Å². The SMILES string of the molecule is C[C@H](OC(=O)c1cccc(F)c1)C(=O)Nc1cc(Cl)ccc1Cl. The van der Waals surface area contributed by atoms with Gasteiger partial charge < -0.3 is 10.1 Å². The lowest BCUT2D eigenvalue weighted by Crippen LogP contribution is -2.30. The Morgan fingerprint density at radius 3 is 2.61 bits per heavy atom. The van der Waals surface area contributed by atoms with Crippen molar-refractivity contribution in [2.24, 2.45) is 0 Å². The zero-order chi connectivity index (χ0) is 17.0. The number of nitrogens with one attached hydrogen (secondary N) is 1. The number of amides is 1. The van der Waals surface area contributed by atoms with E-state index in [1.807, 2.05) is 0 Å². The van der Waals surface area contributed by atoms with Crippen LogP contribution in [0, 0.1) is 5.82 Å². The predicted octanol–water partition coefficient (Wildman–Crippen LogP) is 4.32. The Bertz CT molecular complexity index is 752. The fourth-order valence-corrected chi connectivity index (χ4v) is 2.06. The summed E-state index contributed by atoms with van der Waals surface area (Å²) in [5.74, 6) is -1.95. The number of esters is 1. The van der Waals surface area contributed by atoms with Crippen molar-refractivity contribution in [3.63, 3.8) is 0 Å². The van der Waals surface area contributed by atoms with Crippen LogP contribution in [-0.2, 0) is 9.53 Å². The smallest absolute Gasteiger partial charge is 0.339 e. The summed E-state index contributed by atoms with van der Waals surface area (Å²) >= 11 is 11.8. The molecule has 2 aromatic rings. The van der Waals surface area contributed by atoms with E-state index in [0.717, 1.165) is 6.07 Å². The summed E-state index contributed by atoms with van der Waals surface area (Å²) in [5.41, 5.74) is 0.322. The minimum Gasteiger partial charge on any atom is -0.449 e. The molecule has 1 amide bonds. The molecular formula is C16H12Cl2FNO3. The fraction of sp³-hybridized carbons (Fsp3) is 0.125. The molecule has 0 bridgehead atoms. The van der Waals surface area contributed by atoms with E-state index in [4.69, 9.17) is 27.9 Å². The van der Waals surface area contributed by atoms with E-state index >= 15 is 0 Å². The maximum Gasteiger partial charge on any atom is 0.339 e. The number of hydrogen-bond acceptors (Lipinski definition) is 3. The number of hydrogen-bond donors (Lipinski definition) is 1. The van der Waals surface area contributed by atoms with Crippen molar-refractivity contribution in [2.45, 2.75) is 13.0 Å². The molecule has 1 atom stereocenters. The molecule has 2 aromatic carbocycles. The molecule has 0 radical (unpaired) electrons. The molecule has 4 nitrogen and oxygen atoms in total. The molecule has 0 aliphatic heterocycles. The van der Waals surface area contributed by atoms with Crippen LogP contribution < -0.4 is 5.32 Å². The van der Waals surface area contributed by atoms with Gasteiger partial charge in [-0.15, -0.1) is 0 Å². The molecule has 0 aromatic heterocycles. The van der Waals surface area contributed by atoms with E-state index in [-0.39, 0.29) is 5.56 Å². The molecule has 120 valence electrons. The van der Waals surface area contributed by atoms with Crippen molar-refractivity contribution in [2.75, 3.05) is 5.32 Å². The average Bonchev–Trinajstić information content (AvgIpc) is 2.50. The van der Waals surface area contributed by atoms with E-state index in [0.29, 0.717) is 15.7 Å². The van der Waals surface area contributed by atoms with Crippen molar-refractivity contribution in [1.82, 2.24) is 0 Å². The first-order valence-electron chi connectivity index (χ1n) is 6.59. The molecular weight excluding hydrogens is 344 g/mol. The van der Waals surface area contributed by atoms with Gasteiger partial charge in [0.1, 0.15) is 5.82 Å². The Labute approximate surface area is 142 Å². The van der Waals surface area contributed by atoms with Crippen molar-refractivity contribution in [1.29, 1.82) is 0 Å². The molecule has 0 spiro atoms. The lowest BCUT2D eigenvalue weighted by molar-refractivity contribution is -0.123. The van der Waals surface area contributed by atoms with Crippen LogP contribution in [0.5, 0.6) is 0 Å². The molecule has 0 saturated heterocycles. The highest BCUT2D eigenvalue weighted by molar-refractivity contribution is 6.35. The van der Waals surface area contributed by atoms with Gasteiger partial charge in [0.25, 0.3) is 5.91 Å². The van der Waals surface area contributed by atoms with E-state index in [1.165, 1.54) is 37.3 Å². The van der Waals surface area contributed by atoms with Crippen molar-refractivity contribution in [3.05, 3.63) is 63.9 Å². The second-order valence-electron chi connectivity index (χ2n) is 4.67. The number of carbonyl (C=O) groups excluding carboxylic acids is 2. The Morgan fingerprint density at radius 2 is 1.91 bits per heavy atom. The molecule has 0 fully saturated rings. The van der Waals surface area contributed by atoms with E-state index in [1.54, 1.807) is 6.07 Å². The van der Waals surface area contributed by atoms with Crippen LogP contribution in [0.4, 0.5) is 10.1 Å². The molecule has 0 aliphatic carbocycles. The van der Waals surface area contributed by atoms with Crippen molar-refractivity contribution in [3.8, 4) is 0 Å². The molecule has 0 unspecified atom stereocenters. The summed E-state index contributed by atoms with van der Waals surface area (Å²) in [6.07, 6.45) is -1.10. The number of benzene rings is 2. The summed E-state index contributed by atoms with van der Waals surface area (Å²) in [6.45, 7) is 1.39. The van der Waals surface area contributed by atoms with Crippen LogP contribution in [-0.4, -0.2) is 18.0 Å². The van der Waals surface area contributed by atoms with Crippen LogP contribution in [0.1, 0.15) is 17.3 Å². The zero-order valence-corrected chi connectivity index (χ0v) is 13.5. The molecule has 7 heteroatoms. The number of anilines is 1. The first-order valence-corrected chi connectivity index (χ1v) is 7.35. The first kappa shape index (κ1) is 17.2. The van der Waals surface area contributed by atoms with Crippen molar-refractivity contribution < 1.29 is 18.7 Å². The normalized spacial score (nSPS) is 11.7. The van der Waals surface area contributed by atoms with Gasteiger partial charge in [-0.2, -0.15) is 0 Å². The third kappa shape index (κ3) is 4.68. The van der Waals surface area contributed by atoms with Crippen LogP contribution >= 0.6 is 23.2 Å². The maximum atomic E-state index is 13.1. The number of rotatable bonds is 4. The predicted molar refractivity (Wildman–Crippen MR) is 86.4 cm³/mol. The molecule has 0 heterocycles. The van der Waals surface area contributed by atoms with Crippen LogP contribution in [0.3, 0.4) is 0 Å². The summed E-state index contributed by atoms with van der Waals surface area (Å²) in [7, 11) is 0. The number of ether oxygens (including phenoxy) is 1. The Balaban J connectivity index is 2.02. The fourth-order valence-electron chi connectivity index (χ4n) is 1.73. The highest BCUT2D eigenvalue weighted by atomic mass is 35.5. The number of carbonyl (C=O) groups is 2. The Morgan fingerprint density at radius 1 is 1.17 bits per heavy atom. The van der Waals surface area contributed by atoms with Gasteiger partial charge in [0.05, 0.1) is 16.3 Å². The third-order valence-electron chi connectivity index (χ3n) is 2.90. The highest BCUT2D eigenvalue weighted by Gasteiger charge is 2.20. The summed E-state index contributed by atoms with van der Waals surface area (Å²) < 4.78 is 18.1. The van der Waals surface area contributed by atoms with Gasteiger partial charge in [-0.05, 0) is 43.3 Å². The molecule has 2 rings (SSSR count). The van der Waals surface area contributed by atoms with Gasteiger partial charge in [-0.25, -0.2) is 9.18 Å². The first-order chi connectivity index (χ1) is 10.9. The Hall–Kier alpha value is -2.11. The average molecular weight is 356 g/mol.